The molecule has 0 bridgehead atoms. The molecule has 7 nitrogen and oxygen atoms in total. The minimum atomic E-state index is -3.69. The lowest BCUT2D eigenvalue weighted by Crippen LogP contribution is -2.29. The summed E-state index contributed by atoms with van der Waals surface area (Å²) in [5.74, 6) is 0.580. The van der Waals surface area contributed by atoms with E-state index >= 15 is 0 Å². The van der Waals surface area contributed by atoms with E-state index in [1.54, 1.807) is 18.6 Å². The molecule has 0 fully saturated rings. The lowest BCUT2D eigenvalue weighted by atomic mass is 10.7. The first-order valence-electron chi connectivity index (χ1n) is 5.38. The fourth-order valence-electron chi connectivity index (χ4n) is 1.57. The second-order valence-corrected chi connectivity index (χ2v) is 7.86. The van der Waals surface area contributed by atoms with Crippen LogP contribution in [0, 0.1) is 0 Å². The normalized spacial score (nSPS) is 13.8. The van der Waals surface area contributed by atoms with E-state index in [0.717, 1.165) is 0 Å². The van der Waals surface area contributed by atoms with E-state index in [2.05, 4.69) is 15.0 Å². The Morgan fingerprint density at radius 2 is 2.26 bits per heavy atom. The third kappa shape index (κ3) is 2.96. The third-order valence-corrected chi connectivity index (χ3v) is 5.41. The molecule has 2 heterocycles. The number of imidazole rings is 1. The van der Waals surface area contributed by atoms with Crippen LogP contribution in [0.5, 0.6) is 0 Å². The van der Waals surface area contributed by atoms with Crippen molar-refractivity contribution in [3.63, 3.8) is 0 Å². The second-order valence-electron chi connectivity index (χ2n) is 3.75. The van der Waals surface area contributed by atoms with Gasteiger partial charge in [-0.1, -0.05) is 0 Å². The third-order valence-electron chi connectivity index (χ3n) is 2.39. The summed E-state index contributed by atoms with van der Waals surface area (Å²) in [6.45, 7) is 0.131. The summed E-state index contributed by atoms with van der Waals surface area (Å²) < 4.78 is 39.4. The van der Waals surface area contributed by atoms with Gasteiger partial charge in [0.2, 0.25) is 0 Å². The van der Waals surface area contributed by atoms with Gasteiger partial charge in [-0.25, -0.2) is 18.1 Å². The van der Waals surface area contributed by atoms with E-state index in [0.29, 0.717) is 10.8 Å². The lowest BCUT2D eigenvalue weighted by molar-refractivity contribution is 0.579. The quantitative estimate of drug-likeness (QED) is 0.786. The Kier molecular flexibility index (Phi) is 4.23. The van der Waals surface area contributed by atoms with Gasteiger partial charge in [0.05, 0.1) is 0 Å². The fraction of sp³-hybridized carbons (Fsp3) is 0.444. The lowest BCUT2D eigenvalue weighted by Gasteiger charge is -2.06. The van der Waals surface area contributed by atoms with Crippen molar-refractivity contribution < 1.29 is 12.6 Å². The Morgan fingerprint density at radius 3 is 2.89 bits per heavy atom. The first-order chi connectivity index (χ1) is 8.95. The molecule has 0 aliphatic rings. The average molecular weight is 322 g/mol. The molecule has 0 aliphatic carbocycles. The van der Waals surface area contributed by atoms with Crippen molar-refractivity contribution in [2.75, 3.05) is 30.9 Å². The predicted molar refractivity (Wildman–Crippen MR) is 76.7 cm³/mol. The van der Waals surface area contributed by atoms with Gasteiger partial charge in [-0.15, -0.1) is 11.3 Å². The van der Waals surface area contributed by atoms with Gasteiger partial charge in [0.1, 0.15) is 0 Å². The molecule has 2 aromatic heterocycles. The molecule has 0 saturated heterocycles. The molecule has 0 radical (unpaired) electrons. The van der Waals surface area contributed by atoms with E-state index < -0.39 is 20.8 Å². The van der Waals surface area contributed by atoms with Crippen molar-refractivity contribution in [3.8, 4) is 0 Å². The van der Waals surface area contributed by atoms with Crippen LogP contribution >= 0.6 is 11.3 Å². The molecule has 0 aromatic carbocycles. The number of hydrogen-bond donors (Lipinski definition) is 2. The SMILES string of the molecule is CNc1nc2sccn2c1S(=O)(=O)NCCS(C)=O. The number of aromatic nitrogens is 2. The van der Waals surface area contributed by atoms with Gasteiger partial charge in [0.25, 0.3) is 10.0 Å². The number of fused-ring (bicyclic) bond motifs is 1. The molecular formula is C9H14N4O3S3. The molecule has 1 atom stereocenters. The maximum absolute atomic E-state index is 12.3. The number of nitrogens with one attached hydrogen (secondary N) is 2. The number of rotatable bonds is 6. The summed E-state index contributed by atoms with van der Waals surface area (Å²) in [5, 5.41) is 4.61. The zero-order valence-electron chi connectivity index (χ0n) is 10.4. The van der Waals surface area contributed by atoms with Gasteiger partial charge in [0, 0.05) is 48.0 Å². The zero-order chi connectivity index (χ0) is 14.0. The van der Waals surface area contributed by atoms with Crippen LogP contribution in [0.3, 0.4) is 0 Å². The Labute approximate surface area is 117 Å². The summed E-state index contributed by atoms with van der Waals surface area (Å²) >= 11 is 1.35. The minimum absolute atomic E-state index is 0.0770. The maximum atomic E-state index is 12.3. The number of nitrogens with zero attached hydrogens (tertiary/aromatic N) is 2. The van der Waals surface area contributed by atoms with E-state index in [4.69, 9.17) is 0 Å². The van der Waals surface area contributed by atoms with E-state index in [1.807, 2.05) is 0 Å². The Balaban J connectivity index is 2.35. The highest BCUT2D eigenvalue weighted by Crippen LogP contribution is 2.24. The van der Waals surface area contributed by atoms with Crippen LogP contribution in [-0.4, -0.2) is 47.6 Å². The van der Waals surface area contributed by atoms with Gasteiger partial charge < -0.3 is 5.32 Å². The highest BCUT2D eigenvalue weighted by Gasteiger charge is 2.25. The van der Waals surface area contributed by atoms with Gasteiger partial charge >= 0.3 is 0 Å². The molecule has 2 N–H and O–H groups in total. The molecule has 19 heavy (non-hydrogen) atoms. The van der Waals surface area contributed by atoms with Gasteiger partial charge in [0.15, 0.2) is 15.8 Å². The van der Waals surface area contributed by atoms with Crippen molar-refractivity contribution in [1.82, 2.24) is 14.1 Å². The molecule has 10 heteroatoms. The molecule has 0 aliphatic heterocycles. The summed E-state index contributed by atoms with van der Waals surface area (Å²) in [6.07, 6.45) is 3.18. The van der Waals surface area contributed by atoms with Crippen LogP contribution in [-0.2, 0) is 20.8 Å². The van der Waals surface area contributed by atoms with Crippen molar-refractivity contribution in [2.24, 2.45) is 0 Å². The van der Waals surface area contributed by atoms with E-state index in [-0.39, 0.29) is 17.3 Å². The Hall–Kier alpha value is -0.970. The molecular weight excluding hydrogens is 308 g/mol. The van der Waals surface area contributed by atoms with Crippen molar-refractivity contribution in [1.29, 1.82) is 0 Å². The van der Waals surface area contributed by atoms with Crippen molar-refractivity contribution in [3.05, 3.63) is 11.6 Å². The highest BCUT2D eigenvalue weighted by molar-refractivity contribution is 7.89. The highest BCUT2D eigenvalue weighted by atomic mass is 32.2. The van der Waals surface area contributed by atoms with Crippen LogP contribution in [0.15, 0.2) is 16.6 Å². The van der Waals surface area contributed by atoms with Gasteiger partial charge in [-0.2, -0.15) is 0 Å². The molecule has 106 valence electrons. The molecule has 0 amide bonds. The molecule has 0 saturated carbocycles. The molecule has 2 aromatic rings. The van der Waals surface area contributed by atoms with Crippen molar-refractivity contribution in [2.45, 2.75) is 5.03 Å². The topological polar surface area (TPSA) is 92.6 Å². The van der Waals surface area contributed by atoms with Crippen LogP contribution in [0.25, 0.3) is 4.96 Å². The summed E-state index contributed by atoms with van der Waals surface area (Å²) in [4.78, 5) is 4.79. The van der Waals surface area contributed by atoms with Crippen LogP contribution in [0.2, 0.25) is 0 Å². The first kappa shape index (κ1) is 14.4. The molecule has 2 rings (SSSR count). The largest absolute Gasteiger partial charge is 0.371 e. The predicted octanol–water partition coefficient (Wildman–Crippen LogP) is 0.0943. The maximum Gasteiger partial charge on any atom is 0.260 e. The number of thiazole rings is 1. The van der Waals surface area contributed by atoms with Gasteiger partial charge in [-0.05, 0) is 0 Å². The average Bonchev–Trinajstić information content (AvgIpc) is 2.86. The van der Waals surface area contributed by atoms with Crippen LogP contribution in [0.1, 0.15) is 0 Å². The summed E-state index contributed by atoms with van der Waals surface area (Å²) in [7, 11) is -3.11. The zero-order valence-corrected chi connectivity index (χ0v) is 12.9. The van der Waals surface area contributed by atoms with E-state index in [1.165, 1.54) is 22.0 Å². The van der Waals surface area contributed by atoms with Gasteiger partial charge in [-0.3, -0.25) is 8.61 Å². The van der Waals surface area contributed by atoms with Crippen LogP contribution in [0.4, 0.5) is 5.82 Å². The number of anilines is 1. The monoisotopic (exact) mass is 322 g/mol. The number of sulfonamides is 1. The Bertz CT molecular complexity index is 703. The van der Waals surface area contributed by atoms with Crippen LogP contribution < -0.4 is 10.0 Å². The fourth-order valence-corrected chi connectivity index (χ4v) is 4.18. The smallest absolute Gasteiger partial charge is 0.260 e. The molecule has 1 unspecified atom stereocenters. The minimum Gasteiger partial charge on any atom is -0.371 e. The standard InChI is InChI=1S/C9H14N4O3S3/c1-10-7-8(13-4-5-17-9(13)12-7)19(15,16)11-3-6-18(2)14/h4-5,10-11H,3,6H2,1-2H3. The first-order valence-corrected chi connectivity index (χ1v) is 9.47. The second kappa shape index (κ2) is 5.57. The van der Waals surface area contributed by atoms with Crippen molar-refractivity contribution >= 4 is 42.9 Å². The number of hydrogen-bond acceptors (Lipinski definition) is 6. The van der Waals surface area contributed by atoms with E-state index in [9.17, 15) is 12.6 Å². The molecule has 0 spiro atoms. The summed E-state index contributed by atoms with van der Waals surface area (Å²) in [6, 6.07) is 0. The Morgan fingerprint density at radius 1 is 1.53 bits per heavy atom. The summed E-state index contributed by atoms with van der Waals surface area (Å²) in [5.41, 5.74) is 0.